The van der Waals surface area contributed by atoms with Gasteiger partial charge in [0.05, 0.1) is 18.7 Å². The lowest BCUT2D eigenvalue weighted by atomic mass is 10.1. The number of hydrogen-bond donors (Lipinski definition) is 1. The molecule has 0 bridgehead atoms. The van der Waals surface area contributed by atoms with E-state index >= 15 is 0 Å². The zero-order valence-corrected chi connectivity index (χ0v) is 11.6. The molecule has 0 heterocycles. The average molecular weight is 264 g/mol. The van der Waals surface area contributed by atoms with Crippen LogP contribution < -0.4 is 5.73 Å². The minimum atomic E-state index is -0.301. The number of likely N-dealkylation sites (N-methyl/N-ethyl adjacent to an activating group) is 1. The van der Waals surface area contributed by atoms with E-state index in [2.05, 4.69) is 23.7 Å². The highest BCUT2D eigenvalue weighted by Crippen LogP contribution is 2.11. The maximum Gasteiger partial charge on any atom is 0.138 e. The van der Waals surface area contributed by atoms with Gasteiger partial charge in [0.25, 0.3) is 0 Å². The molecule has 1 aromatic rings. The predicted octanol–water partition coefficient (Wildman–Crippen LogP) is 1.60. The second kappa shape index (κ2) is 8.65. The Kier molecular flexibility index (Phi) is 7.12. The summed E-state index contributed by atoms with van der Waals surface area (Å²) in [6.07, 6.45) is 0. The Balaban J connectivity index is 2.77. The SMILES string of the molecule is CCN(CCOC)Cc1ccc(F)c(C#CCN)c1. The molecule has 1 aromatic carbocycles. The molecule has 0 spiro atoms. The maximum atomic E-state index is 13.5. The highest BCUT2D eigenvalue weighted by Gasteiger charge is 2.06. The van der Waals surface area contributed by atoms with E-state index in [1.54, 1.807) is 19.2 Å². The Morgan fingerprint density at radius 2 is 2.21 bits per heavy atom. The van der Waals surface area contributed by atoms with Gasteiger partial charge >= 0.3 is 0 Å². The molecule has 0 amide bonds. The number of hydrogen-bond acceptors (Lipinski definition) is 3. The molecule has 0 unspecified atom stereocenters. The summed E-state index contributed by atoms with van der Waals surface area (Å²) in [5.74, 6) is 5.13. The third kappa shape index (κ3) is 5.39. The van der Waals surface area contributed by atoms with Crippen molar-refractivity contribution in [3.8, 4) is 11.8 Å². The van der Waals surface area contributed by atoms with Crippen LogP contribution in [0.5, 0.6) is 0 Å². The average Bonchev–Trinajstić information content (AvgIpc) is 2.43. The summed E-state index contributed by atoms with van der Waals surface area (Å²) in [4.78, 5) is 2.23. The first-order valence-corrected chi connectivity index (χ1v) is 6.40. The molecule has 0 aliphatic carbocycles. The molecule has 0 aromatic heterocycles. The van der Waals surface area contributed by atoms with Crippen LogP contribution in [0.3, 0.4) is 0 Å². The van der Waals surface area contributed by atoms with Gasteiger partial charge in [0, 0.05) is 20.2 Å². The van der Waals surface area contributed by atoms with E-state index in [0.717, 1.165) is 25.2 Å². The van der Waals surface area contributed by atoms with Gasteiger partial charge in [-0.1, -0.05) is 24.8 Å². The van der Waals surface area contributed by atoms with Gasteiger partial charge in [0.1, 0.15) is 5.82 Å². The largest absolute Gasteiger partial charge is 0.383 e. The smallest absolute Gasteiger partial charge is 0.138 e. The quantitative estimate of drug-likeness (QED) is 0.793. The van der Waals surface area contributed by atoms with Crippen molar-refractivity contribution in [2.75, 3.05) is 33.4 Å². The van der Waals surface area contributed by atoms with Crippen molar-refractivity contribution in [3.63, 3.8) is 0 Å². The zero-order valence-electron chi connectivity index (χ0n) is 11.6. The van der Waals surface area contributed by atoms with E-state index in [9.17, 15) is 4.39 Å². The molecule has 2 N–H and O–H groups in total. The van der Waals surface area contributed by atoms with Crippen molar-refractivity contribution < 1.29 is 9.13 Å². The van der Waals surface area contributed by atoms with Crippen LogP contribution >= 0.6 is 0 Å². The van der Waals surface area contributed by atoms with Crippen LogP contribution in [-0.2, 0) is 11.3 Å². The fourth-order valence-electron chi connectivity index (χ4n) is 1.74. The van der Waals surface area contributed by atoms with Gasteiger partial charge in [0.2, 0.25) is 0 Å². The molecular formula is C15H21FN2O. The Bertz CT molecular complexity index is 451. The fraction of sp³-hybridized carbons (Fsp3) is 0.467. The molecule has 4 heteroatoms. The van der Waals surface area contributed by atoms with Gasteiger partial charge in [-0.2, -0.15) is 0 Å². The first-order valence-electron chi connectivity index (χ1n) is 6.40. The van der Waals surface area contributed by atoms with Crippen LogP contribution in [0.25, 0.3) is 0 Å². The number of nitrogens with two attached hydrogens (primary N) is 1. The lowest BCUT2D eigenvalue weighted by molar-refractivity contribution is 0.147. The Hall–Kier alpha value is -1.41. The van der Waals surface area contributed by atoms with Crippen molar-refractivity contribution in [2.45, 2.75) is 13.5 Å². The molecule has 0 atom stereocenters. The number of halogens is 1. The molecule has 0 fully saturated rings. The molecule has 19 heavy (non-hydrogen) atoms. The van der Waals surface area contributed by atoms with E-state index in [4.69, 9.17) is 10.5 Å². The third-order valence-electron chi connectivity index (χ3n) is 2.82. The topological polar surface area (TPSA) is 38.5 Å². The van der Waals surface area contributed by atoms with Gasteiger partial charge in [-0.05, 0) is 24.2 Å². The van der Waals surface area contributed by atoms with E-state index < -0.39 is 0 Å². The first kappa shape index (κ1) is 15.6. The Labute approximate surface area is 114 Å². The minimum absolute atomic E-state index is 0.235. The van der Waals surface area contributed by atoms with Gasteiger partial charge < -0.3 is 10.5 Å². The maximum absolute atomic E-state index is 13.5. The van der Waals surface area contributed by atoms with Crippen LogP contribution in [0.15, 0.2) is 18.2 Å². The second-order valence-electron chi connectivity index (χ2n) is 4.18. The number of nitrogens with zero attached hydrogens (tertiary/aromatic N) is 1. The molecule has 0 aliphatic heterocycles. The Morgan fingerprint density at radius 1 is 1.42 bits per heavy atom. The van der Waals surface area contributed by atoms with Crippen molar-refractivity contribution in [1.82, 2.24) is 4.90 Å². The van der Waals surface area contributed by atoms with E-state index in [1.807, 2.05) is 0 Å². The van der Waals surface area contributed by atoms with Crippen molar-refractivity contribution in [3.05, 3.63) is 35.1 Å². The van der Waals surface area contributed by atoms with Gasteiger partial charge in [-0.3, -0.25) is 4.90 Å². The summed E-state index contributed by atoms with van der Waals surface area (Å²) in [5, 5.41) is 0. The predicted molar refractivity (Wildman–Crippen MR) is 75.2 cm³/mol. The summed E-state index contributed by atoms with van der Waals surface area (Å²) >= 11 is 0. The fourth-order valence-corrected chi connectivity index (χ4v) is 1.74. The number of rotatable bonds is 6. The van der Waals surface area contributed by atoms with Crippen molar-refractivity contribution >= 4 is 0 Å². The monoisotopic (exact) mass is 264 g/mol. The molecule has 0 saturated carbocycles. The van der Waals surface area contributed by atoms with Crippen LogP contribution in [0.4, 0.5) is 4.39 Å². The van der Waals surface area contributed by atoms with Crippen molar-refractivity contribution in [2.24, 2.45) is 5.73 Å². The normalized spacial score (nSPS) is 10.4. The standard InChI is InChI=1S/C15H21FN2O/c1-3-18(9-10-19-2)12-13-6-7-15(16)14(11-13)5-4-8-17/h6-7,11H,3,8-10,12,17H2,1-2H3. The van der Waals surface area contributed by atoms with Gasteiger partial charge in [0.15, 0.2) is 0 Å². The van der Waals surface area contributed by atoms with Crippen LogP contribution in [0.1, 0.15) is 18.1 Å². The lowest BCUT2D eigenvalue weighted by Gasteiger charge is -2.20. The van der Waals surface area contributed by atoms with Crippen molar-refractivity contribution in [1.29, 1.82) is 0 Å². The highest BCUT2D eigenvalue weighted by molar-refractivity contribution is 5.38. The van der Waals surface area contributed by atoms with Gasteiger partial charge in [-0.15, -0.1) is 0 Å². The second-order valence-corrected chi connectivity index (χ2v) is 4.18. The van der Waals surface area contributed by atoms with E-state index in [-0.39, 0.29) is 12.4 Å². The van der Waals surface area contributed by atoms with Gasteiger partial charge in [-0.25, -0.2) is 4.39 Å². The summed E-state index contributed by atoms with van der Waals surface area (Å²) in [5.41, 5.74) is 6.75. The molecule has 0 aliphatic rings. The zero-order chi connectivity index (χ0) is 14.1. The molecule has 0 saturated heterocycles. The van der Waals surface area contributed by atoms with E-state index in [1.165, 1.54) is 6.07 Å². The number of benzene rings is 1. The molecule has 0 radical (unpaired) electrons. The van der Waals surface area contributed by atoms with Crippen LogP contribution in [-0.4, -0.2) is 38.3 Å². The minimum Gasteiger partial charge on any atom is -0.383 e. The lowest BCUT2D eigenvalue weighted by Crippen LogP contribution is -2.26. The third-order valence-corrected chi connectivity index (χ3v) is 2.82. The summed E-state index contributed by atoms with van der Waals surface area (Å²) in [6.45, 7) is 5.55. The number of methoxy groups -OCH3 is 1. The highest BCUT2D eigenvalue weighted by atomic mass is 19.1. The molecule has 1 rings (SSSR count). The number of ether oxygens (including phenoxy) is 1. The molecule has 3 nitrogen and oxygen atoms in total. The summed E-state index contributed by atoms with van der Waals surface area (Å²) < 4.78 is 18.6. The first-order chi connectivity index (χ1) is 9.21. The summed E-state index contributed by atoms with van der Waals surface area (Å²) in [6, 6.07) is 5.03. The van der Waals surface area contributed by atoms with E-state index in [0.29, 0.717) is 12.2 Å². The molecule has 104 valence electrons. The molecular weight excluding hydrogens is 243 g/mol. The van der Waals surface area contributed by atoms with Crippen LogP contribution in [0, 0.1) is 17.7 Å². The van der Waals surface area contributed by atoms with Crippen LogP contribution in [0.2, 0.25) is 0 Å². The Morgan fingerprint density at radius 3 is 2.84 bits per heavy atom. The summed E-state index contributed by atoms with van der Waals surface area (Å²) in [7, 11) is 1.69.